The number of anilines is 2. The minimum Gasteiger partial charge on any atom is -0.508 e. The summed E-state index contributed by atoms with van der Waals surface area (Å²) in [7, 11) is 1.50. The Labute approximate surface area is 133 Å². The molecule has 0 bridgehead atoms. The zero-order chi connectivity index (χ0) is 16.4. The molecule has 1 atom stereocenters. The number of methoxy groups -OCH3 is 1. The molecule has 0 spiro atoms. The lowest BCUT2D eigenvalue weighted by Gasteiger charge is -2.18. The third kappa shape index (κ3) is 2.83. The number of phenols is 1. The minimum absolute atomic E-state index is 0.0672. The second kappa shape index (κ2) is 6.00. The van der Waals surface area contributed by atoms with E-state index in [1.807, 2.05) is 0 Å². The number of benzene rings is 2. The summed E-state index contributed by atoms with van der Waals surface area (Å²) in [5.41, 5.74) is 1.11. The number of carbonyl (C=O) groups excluding carboxylic acids is 2. The van der Waals surface area contributed by atoms with Gasteiger partial charge in [-0.05, 0) is 36.4 Å². The highest BCUT2D eigenvalue weighted by Gasteiger charge is 2.40. The number of phenolic OH excluding ortho intramolecular Hbond substituents is 1. The standard InChI is InChI=1S/C17H16N2O4/c1-23-15-5-3-2-4-14(15)19-16(21)10-13(17(19)22)18-11-6-8-12(20)9-7-11/h2-9,13,18,20H,10H2,1H3. The van der Waals surface area contributed by atoms with Gasteiger partial charge in [0.15, 0.2) is 0 Å². The third-order valence-corrected chi connectivity index (χ3v) is 3.68. The van der Waals surface area contributed by atoms with Gasteiger partial charge in [0.2, 0.25) is 5.91 Å². The Morgan fingerprint density at radius 1 is 1.13 bits per heavy atom. The Kier molecular flexibility index (Phi) is 3.89. The Morgan fingerprint density at radius 2 is 1.83 bits per heavy atom. The van der Waals surface area contributed by atoms with Gasteiger partial charge in [-0.1, -0.05) is 12.1 Å². The highest BCUT2D eigenvalue weighted by molar-refractivity contribution is 6.23. The van der Waals surface area contributed by atoms with Gasteiger partial charge in [-0.2, -0.15) is 0 Å². The van der Waals surface area contributed by atoms with E-state index in [1.54, 1.807) is 36.4 Å². The number of nitrogens with zero attached hydrogens (tertiary/aromatic N) is 1. The smallest absolute Gasteiger partial charge is 0.256 e. The fraction of sp³-hybridized carbons (Fsp3) is 0.176. The van der Waals surface area contributed by atoms with E-state index in [9.17, 15) is 14.7 Å². The average molecular weight is 312 g/mol. The van der Waals surface area contributed by atoms with Gasteiger partial charge in [0, 0.05) is 5.69 Å². The van der Waals surface area contributed by atoms with Crippen LogP contribution in [0.3, 0.4) is 0 Å². The van der Waals surface area contributed by atoms with Crippen LogP contribution >= 0.6 is 0 Å². The van der Waals surface area contributed by atoms with Gasteiger partial charge < -0.3 is 15.2 Å². The molecule has 1 aliphatic rings. The summed E-state index contributed by atoms with van der Waals surface area (Å²) < 4.78 is 5.23. The molecule has 6 heteroatoms. The molecule has 0 radical (unpaired) electrons. The first-order valence-electron chi connectivity index (χ1n) is 7.15. The van der Waals surface area contributed by atoms with Crippen molar-refractivity contribution in [1.29, 1.82) is 0 Å². The predicted octanol–water partition coefficient (Wildman–Crippen LogP) is 2.14. The molecule has 0 aliphatic carbocycles. The maximum Gasteiger partial charge on any atom is 0.256 e. The zero-order valence-electron chi connectivity index (χ0n) is 12.5. The summed E-state index contributed by atoms with van der Waals surface area (Å²) in [4.78, 5) is 26.0. The van der Waals surface area contributed by atoms with E-state index < -0.39 is 6.04 Å². The molecule has 0 saturated carbocycles. The normalized spacial score (nSPS) is 17.4. The van der Waals surface area contributed by atoms with Crippen LogP contribution in [-0.2, 0) is 9.59 Å². The van der Waals surface area contributed by atoms with Gasteiger partial charge in [-0.25, -0.2) is 4.90 Å². The molecule has 118 valence electrons. The molecule has 0 aromatic heterocycles. The maximum atomic E-state index is 12.6. The lowest BCUT2D eigenvalue weighted by Crippen LogP contribution is -2.35. The molecule has 1 aliphatic heterocycles. The summed E-state index contributed by atoms with van der Waals surface area (Å²) in [6.07, 6.45) is 0.0672. The number of para-hydroxylation sites is 2. The van der Waals surface area contributed by atoms with Crippen molar-refractivity contribution >= 4 is 23.2 Å². The van der Waals surface area contributed by atoms with Crippen molar-refractivity contribution in [2.45, 2.75) is 12.5 Å². The maximum absolute atomic E-state index is 12.6. The largest absolute Gasteiger partial charge is 0.508 e. The molecular weight excluding hydrogens is 296 g/mol. The highest BCUT2D eigenvalue weighted by Crippen LogP contribution is 2.32. The van der Waals surface area contributed by atoms with Crippen molar-refractivity contribution in [3.05, 3.63) is 48.5 Å². The first-order valence-corrected chi connectivity index (χ1v) is 7.15. The SMILES string of the molecule is COc1ccccc1N1C(=O)CC(Nc2ccc(O)cc2)C1=O. The van der Waals surface area contributed by atoms with Crippen LogP contribution in [0, 0.1) is 0 Å². The van der Waals surface area contributed by atoms with Gasteiger partial charge in [0.1, 0.15) is 17.5 Å². The summed E-state index contributed by atoms with van der Waals surface area (Å²) in [6, 6.07) is 12.6. The Hall–Kier alpha value is -3.02. The van der Waals surface area contributed by atoms with Crippen molar-refractivity contribution in [1.82, 2.24) is 0 Å². The van der Waals surface area contributed by atoms with Crippen LogP contribution in [-0.4, -0.2) is 30.1 Å². The molecule has 1 unspecified atom stereocenters. The zero-order valence-corrected chi connectivity index (χ0v) is 12.5. The van der Waals surface area contributed by atoms with E-state index in [1.165, 1.54) is 19.2 Å². The number of carbonyl (C=O) groups is 2. The fourth-order valence-electron chi connectivity index (χ4n) is 2.57. The number of ether oxygens (including phenoxy) is 1. The van der Waals surface area contributed by atoms with E-state index in [0.29, 0.717) is 17.1 Å². The van der Waals surface area contributed by atoms with E-state index in [0.717, 1.165) is 4.90 Å². The topological polar surface area (TPSA) is 78.9 Å². The number of imide groups is 1. The number of nitrogens with one attached hydrogen (secondary N) is 1. The lowest BCUT2D eigenvalue weighted by atomic mass is 10.2. The number of aromatic hydroxyl groups is 1. The average Bonchev–Trinajstić information content (AvgIpc) is 2.83. The second-order valence-electron chi connectivity index (χ2n) is 5.19. The molecule has 1 heterocycles. The van der Waals surface area contributed by atoms with Crippen molar-refractivity contribution in [3.8, 4) is 11.5 Å². The fourth-order valence-corrected chi connectivity index (χ4v) is 2.57. The lowest BCUT2D eigenvalue weighted by molar-refractivity contribution is -0.121. The Morgan fingerprint density at radius 3 is 2.52 bits per heavy atom. The molecule has 23 heavy (non-hydrogen) atoms. The van der Waals surface area contributed by atoms with Crippen LogP contribution in [0.4, 0.5) is 11.4 Å². The number of amides is 2. The van der Waals surface area contributed by atoms with Crippen LogP contribution in [0.2, 0.25) is 0 Å². The molecular formula is C17H16N2O4. The van der Waals surface area contributed by atoms with Crippen LogP contribution in [0.5, 0.6) is 11.5 Å². The summed E-state index contributed by atoms with van der Waals surface area (Å²) in [5, 5.41) is 12.3. The molecule has 2 aromatic rings. The molecule has 2 amide bonds. The van der Waals surface area contributed by atoms with E-state index in [-0.39, 0.29) is 24.0 Å². The predicted molar refractivity (Wildman–Crippen MR) is 85.6 cm³/mol. The first kappa shape index (κ1) is 14.9. The molecule has 2 N–H and O–H groups in total. The van der Waals surface area contributed by atoms with E-state index in [2.05, 4.69) is 5.32 Å². The third-order valence-electron chi connectivity index (χ3n) is 3.68. The molecule has 6 nitrogen and oxygen atoms in total. The quantitative estimate of drug-likeness (QED) is 0.668. The van der Waals surface area contributed by atoms with Crippen LogP contribution < -0.4 is 15.0 Å². The summed E-state index contributed by atoms with van der Waals surface area (Å²) >= 11 is 0. The van der Waals surface area contributed by atoms with E-state index >= 15 is 0 Å². The highest BCUT2D eigenvalue weighted by atomic mass is 16.5. The van der Waals surface area contributed by atoms with Crippen LogP contribution in [0.25, 0.3) is 0 Å². The van der Waals surface area contributed by atoms with Crippen molar-refractivity contribution in [2.24, 2.45) is 0 Å². The van der Waals surface area contributed by atoms with Crippen LogP contribution in [0.15, 0.2) is 48.5 Å². The van der Waals surface area contributed by atoms with Gasteiger partial charge >= 0.3 is 0 Å². The first-order chi connectivity index (χ1) is 11.1. The van der Waals surface area contributed by atoms with Crippen molar-refractivity contribution in [3.63, 3.8) is 0 Å². The van der Waals surface area contributed by atoms with Crippen LogP contribution in [0.1, 0.15) is 6.42 Å². The van der Waals surface area contributed by atoms with Crippen molar-refractivity contribution in [2.75, 3.05) is 17.3 Å². The molecule has 1 saturated heterocycles. The minimum atomic E-state index is -0.642. The van der Waals surface area contributed by atoms with Crippen molar-refractivity contribution < 1.29 is 19.4 Å². The Balaban J connectivity index is 1.84. The summed E-state index contributed by atoms with van der Waals surface area (Å²) in [5.74, 6) is 0.00265. The monoisotopic (exact) mass is 312 g/mol. The number of hydrogen-bond donors (Lipinski definition) is 2. The summed E-state index contributed by atoms with van der Waals surface area (Å²) in [6.45, 7) is 0. The number of hydrogen-bond acceptors (Lipinski definition) is 5. The number of rotatable bonds is 4. The van der Waals surface area contributed by atoms with Gasteiger partial charge in [0.25, 0.3) is 5.91 Å². The van der Waals surface area contributed by atoms with Gasteiger partial charge in [-0.15, -0.1) is 0 Å². The molecule has 3 rings (SSSR count). The molecule has 2 aromatic carbocycles. The second-order valence-corrected chi connectivity index (χ2v) is 5.19. The van der Waals surface area contributed by atoms with Gasteiger partial charge in [-0.3, -0.25) is 9.59 Å². The molecule has 1 fully saturated rings. The Bertz CT molecular complexity index is 743. The van der Waals surface area contributed by atoms with Gasteiger partial charge in [0.05, 0.1) is 19.2 Å². The van der Waals surface area contributed by atoms with E-state index in [4.69, 9.17) is 4.74 Å².